The standard InChI is InChI=1S/C11H15N3O3/c1-14-9(16)3-2-8(13-14)10(17)12-6-11(7-15)4-5-11/h2-3,15H,4-7H2,1H3,(H,12,17). The Balaban J connectivity index is 2.00. The molecule has 1 aromatic heterocycles. The predicted octanol–water partition coefficient (Wildman–Crippen LogP) is -0.717. The molecule has 0 atom stereocenters. The second kappa shape index (κ2) is 4.29. The number of hydrogen-bond acceptors (Lipinski definition) is 4. The van der Waals surface area contributed by atoms with Crippen LogP contribution < -0.4 is 10.9 Å². The first kappa shape index (κ1) is 11.8. The quantitative estimate of drug-likeness (QED) is 0.724. The molecular weight excluding hydrogens is 222 g/mol. The summed E-state index contributed by atoms with van der Waals surface area (Å²) in [4.78, 5) is 22.8. The van der Waals surface area contributed by atoms with Gasteiger partial charge in [-0.25, -0.2) is 4.68 Å². The summed E-state index contributed by atoms with van der Waals surface area (Å²) < 4.78 is 1.12. The number of nitrogens with zero attached hydrogens (tertiary/aromatic N) is 2. The molecule has 0 unspecified atom stereocenters. The van der Waals surface area contributed by atoms with Crippen LogP contribution in [0.1, 0.15) is 23.3 Å². The van der Waals surface area contributed by atoms with Gasteiger partial charge in [-0.3, -0.25) is 9.59 Å². The zero-order chi connectivity index (χ0) is 12.5. The monoisotopic (exact) mass is 237 g/mol. The minimum Gasteiger partial charge on any atom is -0.396 e. The van der Waals surface area contributed by atoms with Crippen LogP contribution in [0.4, 0.5) is 0 Å². The highest BCUT2D eigenvalue weighted by Gasteiger charge is 2.42. The van der Waals surface area contributed by atoms with E-state index < -0.39 is 0 Å². The zero-order valence-electron chi connectivity index (χ0n) is 9.64. The molecule has 92 valence electrons. The van der Waals surface area contributed by atoms with Gasteiger partial charge in [-0.2, -0.15) is 5.10 Å². The third kappa shape index (κ3) is 2.52. The molecule has 2 rings (SSSR count). The Kier molecular flexibility index (Phi) is 2.97. The molecule has 1 aromatic rings. The maximum Gasteiger partial charge on any atom is 0.271 e. The molecule has 2 N–H and O–H groups in total. The van der Waals surface area contributed by atoms with Gasteiger partial charge in [-0.1, -0.05) is 0 Å². The van der Waals surface area contributed by atoms with Gasteiger partial charge in [0.1, 0.15) is 5.69 Å². The van der Waals surface area contributed by atoms with Gasteiger partial charge in [-0.05, 0) is 18.9 Å². The molecule has 0 aliphatic heterocycles. The van der Waals surface area contributed by atoms with Crippen molar-refractivity contribution in [1.29, 1.82) is 0 Å². The van der Waals surface area contributed by atoms with Crippen molar-refractivity contribution in [3.8, 4) is 0 Å². The zero-order valence-corrected chi connectivity index (χ0v) is 9.64. The van der Waals surface area contributed by atoms with Crippen molar-refractivity contribution in [1.82, 2.24) is 15.1 Å². The average molecular weight is 237 g/mol. The lowest BCUT2D eigenvalue weighted by atomic mass is 10.1. The summed E-state index contributed by atoms with van der Waals surface area (Å²) in [6.45, 7) is 0.542. The van der Waals surface area contributed by atoms with E-state index in [0.717, 1.165) is 17.5 Å². The number of aliphatic hydroxyl groups is 1. The second-order valence-corrected chi connectivity index (χ2v) is 4.52. The van der Waals surface area contributed by atoms with E-state index in [0.29, 0.717) is 6.54 Å². The highest BCUT2D eigenvalue weighted by Crippen LogP contribution is 2.44. The van der Waals surface area contributed by atoms with E-state index in [1.54, 1.807) is 0 Å². The van der Waals surface area contributed by atoms with Crippen LogP contribution in [0.2, 0.25) is 0 Å². The van der Waals surface area contributed by atoms with Gasteiger partial charge in [0.25, 0.3) is 11.5 Å². The van der Waals surface area contributed by atoms with E-state index in [4.69, 9.17) is 5.11 Å². The van der Waals surface area contributed by atoms with Gasteiger partial charge in [-0.15, -0.1) is 0 Å². The first-order valence-corrected chi connectivity index (χ1v) is 5.50. The molecular formula is C11H15N3O3. The highest BCUT2D eigenvalue weighted by molar-refractivity contribution is 5.92. The Labute approximate surface area is 98.3 Å². The van der Waals surface area contributed by atoms with Crippen LogP contribution in [0.3, 0.4) is 0 Å². The van der Waals surface area contributed by atoms with Crippen LogP contribution >= 0.6 is 0 Å². The van der Waals surface area contributed by atoms with E-state index in [-0.39, 0.29) is 29.2 Å². The van der Waals surface area contributed by atoms with E-state index in [1.165, 1.54) is 19.2 Å². The Morgan fingerprint density at radius 1 is 1.59 bits per heavy atom. The van der Waals surface area contributed by atoms with Crippen LogP contribution in [-0.2, 0) is 7.05 Å². The van der Waals surface area contributed by atoms with Crippen molar-refractivity contribution in [2.45, 2.75) is 12.8 Å². The Hall–Kier alpha value is -1.69. The topological polar surface area (TPSA) is 84.2 Å². The maximum absolute atomic E-state index is 11.7. The van der Waals surface area contributed by atoms with E-state index >= 15 is 0 Å². The van der Waals surface area contributed by atoms with Crippen LogP contribution in [0.25, 0.3) is 0 Å². The molecule has 6 nitrogen and oxygen atoms in total. The molecule has 17 heavy (non-hydrogen) atoms. The van der Waals surface area contributed by atoms with Crippen molar-refractivity contribution in [3.05, 3.63) is 28.2 Å². The van der Waals surface area contributed by atoms with Crippen molar-refractivity contribution in [2.75, 3.05) is 13.2 Å². The van der Waals surface area contributed by atoms with E-state index in [9.17, 15) is 9.59 Å². The van der Waals surface area contributed by atoms with Crippen molar-refractivity contribution < 1.29 is 9.90 Å². The molecule has 6 heteroatoms. The molecule has 0 spiro atoms. The lowest BCUT2D eigenvalue weighted by Crippen LogP contribution is -2.33. The SMILES string of the molecule is Cn1nc(C(=O)NCC2(CO)CC2)ccc1=O. The van der Waals surface area contributed by atoms with E-state index in [1.807, 2.05) is 0 Å². The third-order valence-electron chi connectivity index (χ3n) is 3.11. The number of carbonyl (C=O) groups excluding carboxylic acids is 1. The first-order valence-electron chi connectivity index (χ1n) is 5.50. The van der Waals surface area contributed by atoms with Crippen molar-refractivity contribution in [2.24, 2.45) is 12.5 Å². The van der Waals surface area contributed by atoms with Gasteiger partial charge < -0.3 is 10.4 Å². The summed E-state index contributed by atoms with van der Waals surface area (Å²) >= 11 is 0. The van der Waals surface area contributed by atoms with Gasteiger partial charge in [0.2, 0.25) is 0 Å². The van der Waals surface area contributed by atoms with Gasteiger partial charge in [0, 0.05) is 25.1 Å². The highest BCUT2D eigenvalue weighted by atomic mass is 16.3. The first-order chi connectivity index (χ1) is 8.06. The number of rotatable bonds is 4. The van der Waals surface area contributed by atoms with Crippen LogP contribution in [0, 0.1) is 5.41 Å². The third-order valence-corrected chi connectivity index (χ3v) is 3.11. The smallest absolute Gasteiger partial charge is 0.271 e. The number of aromatic nitrogens is 2. The fourth-order valence-electron chi connectivity index (χ4n) is 1.55. The summed E-state index contributed by atoms with van der Waals surface area (Å²) in [6, 6.07) is 2.71. The van der Waals surface area contributed by atoms with Gasteiger partial charge in [0.15, 0.2) is 0 Å². The molecule has 1 saturated carbocycles. The molecule has 1 aliphatic rings. The molecule has 1 heterocycles. The Bertz CT molecular complexity index is 491. The maximum atomic E-state index is 11.7. The summed E-state index contributed by atoms with van der Waals surface area (Å²) in [5.41, 5.74) is -0.174. The summed E-state index contributed by atoms with van der Waals surface area (Å²) in [5.74, 6) is -0.319. The normalized spacial score (nSPS) is 16.6. The van der Waals surface area contributed by atoms with Crippen LogP contribution in [0.5, 0.6) is 0 Å². The summed E-state index contributed by atoms with van der Waals surface area (Å²) in [7, 11) is 1.50. The van der Waals surface area contributed by atoms with Gasteiger partial charge >= 0.3 is 0 Å². The Morgan fingerprint density at radius 3 is 2.82 bits per heavy atom. The lowest BCUT2D eigenvalue weighted by molar-refractivity contribution is 0.0928. The fraction of sp³-hybridized carbons (Fsp3) is 0.545. The fourth-order valence-corrected chi connectivity index (χ4v) is 1.55. The van der Waals surface area contributed by atoms with Crippen LogP contribution in [0.15, 0.2) is 16.9 Å². The Morgan fingerprint density at radius 2 is 2.29 bits per heavy atom. The average Bonchev–Trinajstić information content (AvgIpc) is 3.10. The predicted molar refractivity (Wildman–Crippen MR) is 60.6 cm³/mol. The molecule has 0 bridgehead atoms. The lowest BCUT2D eigenvalue weighted by Gasteiger charge is -2.12. The largest absolute Gasteiger partial charge is 0.396 e. The number of aryl methyl sites for hydroxylation is 1. The molecule has 0 radical (unpaired) electrons. The van der Waals surface area contributed by atoms with Crippen molar-refractivity contribution in [3.63, 3.8) is 0 Å². The van der Waals surface area contributed by atoms with Crippen molar-refractivity contribution >= 4 is 5.91 Å². The second-order valence-electron chi connectivity index (χ2n) is 4.52. The van der Waals surface area contributed by atoms with Gasteiger partial charge in [0.05, 0.1) is 6.61 Å². The van der Waals surface area contributed by atoms with E-state index in [2.05, 4.69) is 10.4 Å². The number of nitrogens with one attached hydrogen (secondary N) is 1. The molecule has 0 aromatic carbocycles. The number of aliphatic hydroxyl groups excluding tert-OH is 1. The molecule has 0 saturated heterocycles. The minimum atomic E-state index is -0.319. The summed E-state index contributed by atoms with van der Waals surface area (Å²) in [5, 5.41) is 15.7. The molecule has 1 amide bonds. The van der Waals surface area contributed by atoms with Crippen LogP contribution in [-0.4, -0.2) is 33.9 Å². The number of amides is 1. The number of carbonyl (C=O) groups is 1. The summed E-state index contributed by atoms with van der Waals surface area (Å²) in [6.07, 6.45) is 1.87. The molecule has 1 fully saturated rings. The minimum absolute atomic E-state index is 0.0913. The number of hydrogen-bond donors (Lipinski definition) is 2. The molecule has 1 aliphatic carbocycles.